The third-order valence-electron chi connectivity index (χ3n) is 4.03. The van der Waals surface area contributed by atoms with E-state index in [2.05, 4.69) is 17.2 Å². The maximum Gasteiger partial charge on any atom is 0.416 e. The maximum absolute atomic E-state index is 12.9. The average molecular weight is 301 g/mol. The van der Waals surface area contributed by atoms with Gasteiger partial charge in [0, 0.05) is 20.1 Å². The summed E-state index contributed by atoms with van der Waals surface area (Å²) in [4.78, 5) is 6.24. The third kappa shape index (κ3) is 4.02. The molecule has 0 atom stereocenters. The number of nitrogens with zero attached hydrogens (tertiary/aromatic N) is 2. The Morgan fingerprint density at radius 2 is 1.95 bits per heavy atom. The van der Waals surface area contributed by atoms with Crippen molar-refractivity contribution >= 4 is 11.6 Å². The molecular formula is C15H22F3N3. The van der Waals surface area contributed by atoms with Gasteiger partial charge in [0.05, 0.1) is 5.56 Å². The predicted molar refractivity (Wildman–Crippen MR) is 78.6 cm³/mol. The highest BCUT2D eigenvalue weighted by Gasteiger charge is 2.32. The Balaban J connectivity index is 2.16. The molecule has 1 N–H and O–H groups in total. The van der Waals surface area contributed by atoms with Crippen LogP contribution in [0.15, 0.2) is 12.1 Å². The number of pyridine rings is 1. The SMILES string of the molecule is CCCC1CCN(c2cc(C(F)(F)F)cc(NC)n2)CC1. The van der Waals surface area contributed by atoms with Gasteiger partial charge in [-0.3, -0.25) is 0 Å². The first kappa shape index (κ1) is 15.9. The molecule has 0 spiro atoms. The van der Waals surface area contributed by atoms with Crippen LogP contribution < -0.4 is 10.2 Å². The first-order chi connectivity index (χ1) is 9.94. The van der Waals surface area contributed by atoms with E-state index >= 15 is 0 Å². The molecule has 1 fully saturated rings. The Kier molecular flexibility index (Phi) is 4.96. The van der Waals surface area contributed by atoms with Gasteiger partial charge in [0.1, 0.15) is 11.6 Å². The lowest BCUT2D eigenvalue weighted by Gasteiger charge is -2.33. The summed E-state index contributed by atoms with van der Waals surface area (Å²) in [5.41, 5.74) is -0.646. The van der Waals surface area contributed by atoms with E-state index in [1.54, 1.807) is 7.05 Å². The van der Waals surface area contributed by atoms with Crippen molar-refractivity contribution in [2.24, 2.45) is 5.92 Å². The van der Waals surface area contributed by atoms with Gasteiger partial charge in [-0.05, 0) is 30.9 Å². The van der Waals surface area contributed by atoms with Gasteiger partial charge in [0.15, 0.2) is 0 Å². The molecular weight excluding hydrogens is 279 g/mol. The van der Waals surface area contributed by atoms with Gasteiger partial charge in [0.2, 0.25) is 0 Å². The molecule has 2 rings (SSSR count). The average Bonchev–Trinajstić information content (AvgIpc) is 2.47. The number of nitrogens with one attached hydrogen (secondary N) is 1. The number of alkyl halides is 3. The minimum absolute atomic E-state index is 0.260. The number of rotatable bonds is 4. The molecule has 0 aromatic carbocycles. The summed E-state index contributed by atoms with van der Waals surface area (Å²) in [6.07, 6.45) is 0.0765. The van der Waals surface area contributed by atoms with Crippen molar-refractivity contribution < 1.29 is 13.2 Å². The smallest absolute Gasteiger partial charge is 0.373 e. The number of halogens is 3. The first-order valence-electron chi connectivity index (χ1n) is 7.46. The maximum atomic E-state index is 12.9. The molecule has 118 valence electrons. The van der Waals surface area contributed by atoms with Crippen molar-refractivity contribution in [1.29, 1.82) is 0 Å². The van der Waals surface area contributed by atoms with E-state index in [-0.39, 0.29) is 5.82 Å². The van der Waals surface area contributed by atoms with Crippen molar-refractivity contribution in [3.63, 3.8) is 0 Å². The van der Waals surface area contributed by atoms with Crippen LogP contribution >= 0.6 is 0 Å². The molecule has 0 saturated carbocycles. The summed E-state index contributed by atoms with van der Waals surface area (Å²) in [6, 6.07) is 2.20. The lowest BCUT2D eigenvalue weighted by molar-refractivity contribution is -0.137. The van der Waals surface area contributed by atoms with E-state index < -0.39 is 11.7 Å². The topological polar surface area (TPSA) is 28.2 Å². The minimum Gasteiger partial charge on any atom is -0.373 e. The van der Waals surface area contributed by atoms with Crippen LogP contribution in [0, 0.1) is 5.92 Å². The number of aromatic nitrogens is 1. The normalized spacial score (nSPS) is 17.1. The van der Waals surface area contributed by atoms with Gasteiger partial charge in [0.25, 0.3) is 0 Å². The van der Waals surface area contributed by atoms with Crippen LogP contribution in [0.2, 0.25) is 0 Å². The molecule has 1 aliphatic heterocycles. The van der Waals surface area contributed by atoms with Crippen LogP contribution in [-0.4, -0.2) is 25.1 Å². The largest absolute Gasteiger partial charge is 0.416 e. The van der Waals surface area contributed by atoms with Crippen molar-refractivity contribution in [3.05, 3.63) is 17.7 Å². The standard InChI is InChI=1S/C15H22F3N3/c1-3-4-11-5-7-21(8-6-11)14-10-12(15(16,17)18)9-13(19-2)20-14/h9-11H,3-8H2,1-2H3,(H,19,20). The molecule has 0 radical (unpaired) electrons. The summed E-state index contributed by atoms with van der Waals surface area (Å²) < 4.78 is 38.8. The minimum atomic E-state index is -4.34. The molecule has 6 heteroatoms. The zero-order chi connectivity index (χ0) is 15.5. The van der Waals surface area contributed by atoms with Gasteiger partial charge in [-0.15, -0.1) is 0 Å². The third-order valence-corrected chi connectivity index (χ3v) is 4.03. The van der Waals surface area contributed by atoms with Gasteiger partial charge in [-0.1, -0.05) is 19.8 Å². The number of hydrogen-bond acceptors (Lipinski definition) is 3. The van der Waals surface area contributed by atoms with E-state index in [1.807, 2.05) is 4.90 Å². The van der Waals surface area contributed by atoms with Gasteiger partial charge in [-0.2, -0.15) is 13.2 Å². The summed E-state index contributed by atoms with van der Waals surface area (Å²) in [5.74, 6) is 1.38. The van der Waals surface area contributed by atoms with Crippen LogP contribution in [-0.2, 0) is 6.18 Å². The Hall–Kier alpha value is -1.46. The molecule has 1 saturated heterocycles. The van der Waals surface area contributed by atoms with Gasteiger partial charge in [-0.25, -0.2) is 4.98 Å². The van der Waals surface area contributed by atoms with Crippen molar-refractivity contribution in [2.45, 2.75) is 38.8 Å². The van der Waals surface area contributed by atoms with Gasteiger partial charge < -0.3 is 10.2 Å². The Labute approximate surface area is 123 Å². The predicted octanol–water partition coefficient (Wildman–Crippen LogP) is 4.16. The van der Waals surface area contributed by atoms with E-state index in [4.69, 9.17) is 0 Å². The molecule has 1 aromatic heterocycles. The second-order valence-electron chi connectivity index (χ2n) is 5.57. The van der Waals surface area contributed by atoms with E-state index in [1.165, 1.54) is 6.42 Å². The molecule has 1 aromatic rings. The molecule has 0 amide bonds. The van der Waals surface area contributed by atoms with E-state index in [9.17, 15) is 13.2 Å². The summed E-state index contributed by atoms with van der Waals surface area (Å²) in [7, 11) is 1.58. The number of piperidine rings is 1. The highest BCUT2D eigenvalue weighted by atomic mass is 19.4. The van der Waals surface area contributed by atoms with Crippen LogP contribution in [0.1, 0.15) is 38.2 Å². The monoisotopic (exact) mass is 301 g/mol. The molecule has 0 bridgehead atoms. The second kappa shape index (κ2) is 6.54. The van der Waals surface area contributed by atoms with Crippen molar-refractivity contribution in [2.75, 3.05) is 30.4 Å². The van der Waals surface area contributed by atoms with Crippen molar-refractivity contribution in [1.82, 2.24) is 4.98 Å². The highest BCUT2D eigenvalue weighted by Crippen LogP contribution is 2.34. The van der Waals surface area contributed by atoms with Crippen molar-refractivity contribution in [3.8, 4) is 0 Å². The van der Waals surface area contributed by atoms with E-state index in [0.29, 0.717) is 11.7 Å². The highest BCUT2D eigenvalue weighted by molar-refractivity contribution is 5.51. The molecule has 0 unspecified atom stereocenters. The lowest BCUT2D eigenvalue weighted by atomic mass is 9.92. The van der Waals surface area contributed by atoms with Crippen LogP contribution in [0.25, 0.3) is 0 Å². The van der Waals surface area contributed by atoms with Gasteiger partial charge >= 0.3 is 6.18 Å². The summed E-state index contributed by atoms with van der Waals surface area (Å²) in [6.45, 7) is 3.73. The fourth-order valence-electron chi connectivity index (χ4n) is 2.83. The first-order valence-corrected chi connectivity index (χ1v) is 7.46. The molecule has 0 aliphatic carbocycles. The van der Waals surface area contributed by atoms with Crippen LogP contribution in [0.3, 0.4) is 0 Å². The molecule has 21 heavy (non-hydrogen) atoms. The quantitative estimate of drug-likeness (QED) is 0.905. The lowest BCUT2D eigenvalue weighted by Crippen LogP contribution is -2.34. The Morgan fingerprint density at radius 3 is 2.48 bits per heavy atom. The zero-order valence-corrected chi connectivity index (χ0v) is 12.5. The fraction of sp³-hybridized carbons (Fsp3) is 0.667. The summed E-state index contributed by atoms with van der Waals surface area (Å²) >= 11 is 0. The van der Waals surface area contributed by atoms with Crippen LogP contribution in [0.5, 0.6) is 0 Å². The Morgan fingerprint density at radius 1 is 1.29 bits per heavy atom. The van der Waals surface area contributed by atoms with E-state index in [0.717, 1.165) is 44.5 Å². The molecule has 2 heterocycles. The zero-order valence-electron chi connectivity index (χ0n) is 12.5. The molecule has 1 aliphatic rings. The second-order valence-corrected chi connectivity index (χ2v) is 5.57. The number of hydrogen-bond donors (Lipinski definition) is 1. The van der Waals surface area contributed by atoms with Crippen LogP contribution in [0.4, 0.5) is 24.8 Å². The Bertz CT molecular complexity index is 466. The number of anilines is 2. The summed E-state index contributed by atoms with van der Waals surface area (Å²) in [5, 5.41) is 2.71. The molecule has 3 nitrogen and oxygen atoms in total. The fourth-order valence-corrected chi connectivity index (χ4v) is 2.83.